The largest absolute Gasteiger partial charge is 0.434 e. The summed E-state index contributed by atoms with van der Waals surface area (Å²) in [7, 11) is 0. The standard InChI is InChI=1S/C26H26F3N5O3/c1-25(2)36-20-17(13-31-9-4-6-15-5-3-7-16(11-15)23(30)35)12-19(21(20)37-25)34-10-8-18-22(26(27,28)29)32-14-33-24(18)34/h3,5,7-8,10-11,14,17,19-21,31H,9,12-13H2,1-2H3,(H2,30,35)/t17-,19-,20-,21+/m1/s1. The number of hydrogen-bond acceptors (Lipinski definition) is 6. The molecule has 194 valence electrons. The minimum Gasteiger partial charge on any atom is -0.366 e. The molecule has 1 aromatic carbocycles. The topological polar surface area (TPSA) is 104 Å². The van der Waals surface area contributed by atoms with Crippen molar-refractivity contribution in [2.24, 2.45) is 11.7 Å². The maximum absolute atomic E-state index is 13.5. The van der Waals surface area contributed by atoms with Crippen LogP contribution in [-0.2, 0) is 15.7 Å². The summed E-state index contributed by atoms with van der Waals surface area (Å²) in [6.07, 6.45) is -1.97. The van der Waals surface area contributed by atoms with Gasteiger partial charge < -0.3 is 25.1 Å². The van der Waals surface area contributed by atoms with Crippen LogP contribution in [0.25, 0.3) is 11.0 Å². The summed E-state index contributed by atoms with van der Waals surface area (Å²) in [5, 5.41) is 3.28. The number of halogens is 3. The van der Waals surface area contributed by atoms with Crippen LogP contribution < -0.4 is 11.1 Å². The molecule has 3 N–H and O–H groups in total. The Hall–Kier alpha value is -3.46. The number of amides is 1. The molecule has 1 saturated carbocycles. The highest BCUT2D eigenvalue weighted by Gasteiger charge is 2.54. The molecule has 1 amide bonds. The van der Waals surface area contributed by atoms with E-state index in [1.807, 2.05) is 13.8 Å². The number of primary amides is 1. The molecule has 2 aromatic heterocycles. The first-order valence-corrected chi connectivity index (χ1v) is 11.9. The normalized spacial score (nSPS) is 24.6. The van der Waals surface area contributed by atoms with Crippen molar-refractivity contribution in [1.29, 1.82) is 0 Å². The average molecular weight is 514 g/mol. The first kappa shape index (κ1) is 25.2. The highest BCUT2D eigenvalue weighted by molar-refractivity contribution is 5.93. The smallest absolute Gasteiger partial charge is 0.366 e. The highest BCUT2D eigenvalue weighted by Crippen LogP contribution is 2.47. The van der Waals surface area contributed by atoms with Crippen molar-refractivity contribution >= 4 is 16.9 Å². The van der Waals surface area contributed by atoms with Crippen molar-refractivity contribution in [1.82, 2.24) is 19.9 Å². The summed E-state index contributed by atoms with van der Waals surface area (Å²) < 4.78 is 54.5. The zero-order chi connectivity index (χ0) is 26.4. The average Bonchev–Trinajstić information content (AvgIpc) is 3.49. The Balaban J connectivity index is 1.31. The number of ether oxygens (including phenoxy) is 2. The fourth-order valence-electron chi connectivity index (χ4n) is 5.21. The summed E-state index contributed by atoms with van der Waals surface area (Å²) in [4.78, 5) is 19.0. The molecule has 0 spiro atoms. The van der Waals surface area contributed by atoms with Gasteiger partial charge >= 0.3 is 6.18 Å². The van der Waals surface area contributed by atoms with Crippen molar-refractivity contribution in [2.45, 2.75) is 50.5 Å². The van der Waals surface area contributed by atoms with E-state index >= 15 is 0 Å². The molecule has 8 nitrogen and oxygen atoms in total. The van der Waals surface area contributed by atoms with Crippen LogP contribution in [0.4, 0.5) is 13.2 Å². The molecular formula is C26H26F3N5O3. The molecule has 0 unspecified atom stereocenters. The van der Waals surface area contributed by atoms with Crippen molar-refractivity contribution in [3.63, 3.8) is 0 Å². The van der Waals surface area contributed by atoms with Crippen LogP contribution in [-0.4, -0.2) is 51.5 Å². The number of carbonyl (C=O) groups excluding carboxylic acids is 1. The number of alkyl halides is 3. The number of nitrogens with one attached hydrogen (secondary N) is 1. The Morgan fingerprint density at radius 2 is 2.03 bits per heavy atom. The molecular weight excluding hydrogens is 487 g/mol. The Morgan fingerprint density at radius 1 is 1.24 bits per heavy atom. The third-order valence-electron chi connectivity index (χ3n) is 6.69. The maximum atomic E-state index is 13.5. The maximum Gasteiger partial charge on any atom is 0.434 e. The van der Waals surface area contributed by atoms with Crippen LogP contribution in [0.2, 0.25) is 0 Å². The van der Waals surface area contributed by atoms with Gasteiger partial charge in [-0.05, 0) is 44.5 Å². The molecule has 0 radical (unpaired) electrons. The van der Waals surface area contributed by atoms with E-state index in [0.29, 0.717) is 30.6 Å². The molecule has 2 fully saturated rings. The van der Waals surface area contributed by atoms with Crippen LogP contribution >= 0.6 is 0 Å². The van der Waals surface area contributed by atoms with Crippen LogP contribution in [0.1, 0.15) is 47.9 Å². The Morgan fingerprint density at radius 3 is 2.78 bits per heavy atom. The van der Waals surface area contributed by atoms with Gasteiger partial charge in [0.25, 0.3) is 0 Å². The number of rotatable bonds is 5. The Labute approximate surface area is 211 Å². The predicted molar refractivity (Wildman–Crippen MR) is 128 cm³/mol. The van der Waals surface area contributed by atoms with Gasteiger partial charge in [0.2, 0.25) is 5.91 Å². The van der Waals surface area contributed by atoms with Gasteiger partial charge in [-0.25, -0.2) is 9.97 Å². The lowest BCUT2D eigenvalue weighted by Gasteiger charge is -2.24. The SMILES string of the molecule is CC1(C)O[C@@H]2[C@@H](CNCC#Cc3cccc(C(N)=O)c3)C[C@@H](n3ccc4c(C(F)(F)F)ncnc43)[C@@H]2O1. The molecule has 3 heterocycles. The zero-order valence-electron chi connectivity index (χ0n) is 20.2. The number of carbonyl (C=O) groups is 1. The number of nitrogens with two attached hydrogens (primary N) is 1. The lowest BCUT2D eigenvalue weighted by Crippen LogP contribution is -2.32. The van der Waals surface area contributed by atoms with Gasteiger partial charge in [-0.2, -0.15) is 13.2 Å². The summed E-state index contributed by atoms with van der Waals surface area (Å²) in [5.74, 6) is 4.76. The van der Waals surface area contributed by atoms with Gasteiger partial charge in [0.15, 0.2) is 11.5 Å². The fourth-order valence-corrected chi connectivity index (χ4v) is 5.21. The minimum atomic E-state index is -4.57. The number of fused-ring (bicyclic) bond motifs is 2. The number of aromatic nitrogens is 3. The molecule has 1 saturated heterocycles. The van der Waals surface area contributed by atoms with E-state index in [9.17, 15) is 18.0 Å². The highest BCUT2D eigenvalue weighted by atomic mass is 19.4. The van der Waals surface area contributed by atoms with Gasteiger partial charge in [-0.15, -0.1) is 0 Å². The molecule has 5 rings (SSSR count). The van der Waals surface area contributed by atoms with Crippen molar-refractivity contribution in [3.05, 3.63) is 59.7 Å². The molecule has 1 aliphatic heterocycles. The molecule has 0 bridgehead atoms. The molecule has 37 heavy (non-hydrogen) atoms. The van der Waals surface area contributed by atoms with Crippen LogP contribution in [0.3, 0.4) is 0 Å². The third kappa shape index (κ3) is 5.05. The van der Waals surface area contributed by atoms with Gasteiger partial charge in [-0.3, -0.25) is 4.79 Å². The first-order valence-electron chi connectivity index (χ1n) is 11.9. The van der Waals surface area contributed by atoms with Crippen molar-refractivity contribution in [2.75, 3.05) is 13.1 Å². The third-order valence-corrected chi connectivity index (χ3v) is 6.69. The number of benzene rings is 1. The number of nitrogens with zero attached hydrogens (tertiary/aromatic N) is 3. The lowest BCUT2D eigenvalue weighted by atomic mass is 10.1. The minimum absolute atomic E-state index is 0.0398. The zero-order valence-corrected chi connectivity index (χ0v) is 20.2. The lowest BCUT2D eigenvalue weighted by molar-refractivity contribution is -0.160. The Kier molecular flexibility index (Phi) is 6.43. The number of hydrogen-bond donors (Lipinski definition) is 2. The van der Waals surface area contributed by atoms with Crippen LogP contribution in [0.15, 0.2) is 42.9 Å². The van der Waals surface area contributed by atoms with E-state index in [-0.39, 0.29) is 35.2 Å². The summed E-state index contributed by atoms with van der Waals surface area (Å²) in [6.45, 7) is 4.64. The molecule has 4 atom stereocenters. The quantitative estimate of drug-likeness (QED) is 0.401. The van der Waals surface area contributed by atoms with Crippen LogP contribution in [0, 0.1) is 17.8 Å². The van der Waals surface area contributed by atoms with Gasteiger partial charge in [0.1, 0.15) is 18.1 Å². The molecule has 11 heteroatoms. The summed E-state index contributed by atoms with van der Waals surface area (Å²) in [6, 6.07) is 7.95. The van der Waals surface area contributed by atoms with Crippen molar-refractivity contribution < 1.29 is 27.4 Å². The van der Waals surface area contributed by atoms with Crippen molar-refractivity contribution in [3.8, 4) is 11.8 Å². The summed E-state index contributed by atoms with van der Waals surface area (Å²) in [5.41, 5.74) is 5.67. The van der Waals surface area contributed by atoms with Crippen LogP contribution in [0.5, 0.6) is 0 Å². The second kappa shape index (κ2) is 9.45. The van der Waals surface area contributed by atoms with Gasteiger partial charge in [-0.1, -0.05) is 17.9 Å². The van der Waals surface area contributed by atoms with E-state index in [1.165, 1.54) is 6.07 Å². The first-order chi connectivity index (χ1) is 17.5. The summed E-state index contributed by atoms with van der Waals surface area (Å²) >= 11 is 0. The van der Waals surface area contributed by atoms with E-state index in [2.05, 4.69) is 27.1 Å². The van der Waals surface area contributed by atoms with E-state index < -0.39 is 23.6 Å². The monoisotopic (exact) mass is 513 g/mol. The molecule has 1 aliphatic carbocycles. The van der Waals surface area contributed by atoms with E-state index in [1.54, 1.807) is 35.0 Å². The van der Waals surface area contributed by atoms with E-state index in [4.69, 9.17) is 15.2 Å². The predicted octanol–water partition coefficient (Wildman–Crippen LogP) is 3.27. The molecule has 2 aliphatic rings. The molecule has 3 aromatic rings. The fraction of sp³-hybridized carbons (Fsp3) is 0.423. The van der Waals surface area contributed by atoms with E-state index in [0.717, 1.165) is 6.33 Å². The second-order valence-corrected chi connectivity index (χ2v) is 9.69. The van der Waals surface area contributed by atoms with Gasteiger partial charge in [0, 0.05) is 35.2 Å². The van der Waals surface area contributed by atoms with Gasteiger partial charge in [0.05, 0.1) is 18.7 Å². The Bertz CT molecular complexity index is 1390. The second-order valence-electron chi connectivity index (χ2n) is 9.69.